The van der Waals surface area contributed by atoms with E-state index in [-0.39, 0.29) is 18.8 Å². The molecule has 0 amide bonds. The summed E-state index contributed by atoms with van der Waals surface area (Å²) in [6.07, 6.45) is -0.606. The van der Waals surface area contributed by atoms with E-state index in [1.165, 1.54) is 13.8 Å². The average Bonchev–Trinajstić information content (AvgIpc) is 2.14. The number of carbonyl (C=O) groups excluding carboxylic acids is 3. The molecule has 4 nitrogen and oxygen atoms in total. The van der Waals surface area contributed by atoms with Crippen LogP contribution in [0.15, 0.2) is 0 Å². The highest BCUT2D eigenvalue weighted by atomic mass is 19.1. The van der Waals surface area contributed by atoms with Gasteiger partial charge in [0, 0.05) is 12.8 Å². The molecule has 5 heteroatoms. The van der Waals surface area contributed by atoms with Crippen molar-refractivity contribution in [1.82, 2.24) is 0 Å². The van der Waals surface area contributed by atoms with Crippen LogP contribution in [-0.4, -0.2) is 29.8 Å². The second-order valence-electron chi connectivity index (χ2n) is 3.28. The monoisotopic (exact) mass is 218 g/mol. The lowest BCUT2D eigenvalue weighted by atomic mass is 9.94. The summed E-state index contributed by atoms with van der Waals surface area (Å²) in [6, 6.07) is 0. The Morgan fingerprint density at radius 1 is 1.27 bits per heavy atom. The van der Waals surface area contributed by atoms with Gasteiger partial charge in [0.25, 0.3) is 5.67 Å². The molecule has 0 rings (SSSR count). The van der Waals surface area contributed by atoms with E-state index in [0.29, 0.717) is 0 Å². The molecule has 0 aliphatic rings. The molecular weight excluding hydrogens is 203 g/mol. The van der Waals surface area contributed by atoms with Gasteiger partial charge in [-0.15, -0.1) is 0 Å². The summed E-state index contributed by atoms with van der Waals surface area (Å²) in [5.41, 5.74) is -2.68. The van der Waals surface area contributed by atoms with Crippen LogP contribution >= 0.6 is 0 Å². The fourth-order valence-electron chi connectivity index (χ4n) is 1.02. The SMILES string of the molecule is CCOC(=O)C(F)(CCC(C)=O)C(C)=O. The van der Waals surface area contributed by atoms with E-state index in [1.54, 1.807) is 0 Å². The van der Waals surface area contributed by atoms with E-state index in [4.69, 9.17) is 0 Å². The predicted octanol–water partition coefficient (Wildman–Crippen LogP) is 1.22. The second-order valence-corrected chi connectivity index (χ2v) is 3.28. The van der Waals surface area contributed by atoms with Gasteiger partial charge in [-0.3, -0.25) is 4.79 Å². The molecule has 1 atom stereocenters. The van der Waals surface area contributed by atoms with Crippen molar-refractivity contribution in [2.75, 3.05) is 6.61 Å². The topological polar surface area (TPSA) is 60.4 Å². The molecule has 0 bridgehead atoms. The summed E-state index contributed by atoms with van der Waals surface area (Å²) < 4.78 is 18.3. The fourth-order valence-corrected chi connectivity index (χ4v) is 1.02. The number of ketones is 2. The maximum atomic E-state index is 13.9. The normalized spacial score (nSPS) is 14.1. The molecule has 0 aromatic rings. The van der Waals surface area contributed by atoms with Gasteiger partial charge in [-0.2, -0.15) is 0 Å². The minimum Gasteiger partial charge on any atom is -0.463 e. The van der Waals surface area contributed by atoms with Gasteiger partial charge in [0.2, 0.25) is 0 Å². The van der Waals surface area contributed by atoms with E-state index in [1.807, 2.05) is 0 Å². The summed E-state index contributed by atoms with van der Waals surface area (Å²) in [5.74, 6) is -2.41. The Kier molecular flexibility index (Phi) is 5.11. The largest absolute Gasteiger partial charge is 0.463 e. The van der Waals surface area contributed by atoms with E-state index in [0.717, 1.165) is 6.92 Å². The highest BCUT2D eigenvalue weighted by molar-refractivity contribution is 6.06. The van der Waals surface area contributed by atoms with Gasteiger partial charge in [0.05, 0.1) is 6.61 Å². The molecule has 0 aromatic carbocycles. The Morgan fingerprint density at radius 3 is 2.13 bits per heavy atom. The molecule has 0 aliphatic heterocycles. The van der Waals surface area contributed by atoms with Crippen LogP contribution in [0.4, 0.5) is 4.39 Å². The lowest BCUT2D eigenvalue weighted by Crippen LogP contribution is -2.42. The molecule has 0 spiro atoms. The van der Waals surface area contributed by atoms with Crippen LogP contribution in [0.3, 0.4) is 0 Å². The molecule has 0 N–H and O–H groups in total. The summed E-state index contributed by atoms with van der Waals surface area (Å²) in [5, 5.41) is 0. The van der Waals surface area contributed by atoms with Crippen molar-refractivity contribution in [3.63, 3.8) is 0 Å². The number of halogens is 1. The van der Waals surface area contributed by atoms with Crippen LogP contribution in [0.2, 0.25) is 0 Å². The average molecular weight is 218 g/mol. The van der Waals surface area contributed by atoms with E-state index in [2.05, 4.69) is 4.74 Å². The van der Waals surface area contributed by atoms with E-state index in [9.17, 15) is 18.8 Å². The van der Waals surface area contributed by atoms with Crippen molar-refractivity contribution < 1.29 is 23.5 Å². The molecule has 0 saturated carbocycles. The summed E-state index contributed by atoms with van der Waals surface area (Å²) >= 11 is 0. The van der Waals surface area contributed by atoms with Crippen LogP contribution in [0.25, 0.3) is 0 Å². The molecule has 0 aliphatic carbocycles. The minimum atomic E-state index is -2.68. The van der Waals surface area contributed by atoms with Crippen LogP contribution in [0.5, 0.6) is 0 Å². The van der Waals surface area contributed by atoms with Gasteiger partial charge < -0.3 is 9.53 Å². The zero-order valence-corrected chi connectivity index (χ0v) is 9.13. The number of rotatable bonds is 6. The lowest BCUT2D eigenvalue weighted by molar-refractivity contribution is -0.162. The van der Waals surface area contributed by atoms with Crippen molar-refractivity contribution in [3.8, 4) is 0 Å². The van der Waals surface area contributed by atoms with Crippen LogP contribution in [0.1, 0.15) is 33.6 Å². The van der Waals surface area contributed by atoms with Crippen LogP contribution in [0, 0.1) is 0 Å². The number of ether oxygens (including phenoxy) is 1. The number of carbonyl (C=O) groups is 3. The number of esters is 1. The van der Waals surface area contributed by atoms with Crippen molar-refractivity contribution in [1.29, 1.82) is 0 Å². The zero-order valence-electron chi connectivity index (χ0n) is 9.13. The molecule has 86 valence electrons. The van der Waals surface area contributed by atoms with Gasteiger partial charge in [-0.1, -0.05) is 0 Å². The van der Waals surface area contributed by atoms with Crippen LogP contribution < -0.4 is 0 Å². The molecular formula is C10H15FO4. The van der Waals surface area contributed by atoms with E-state index >= 15 is 0 Å². The second kappa shape index (κ2) is 5.58. The molecule has 0 radical (unpaired) electrons. The van der Waals surface area contributed by atoms with Gasteiger partial charge >= 0.3 is 5.97 Å². The van der Waals surface area contributed by atoms with Gasteiger partial charge in [-0.25, -0.2) is 9.18 Å². The quantitative estimate of drug-likeness (QED) is 0.496. The van der Waals surface area contributed by atoms with Gasteiger partial charge in [-0.05, 0) is 20.8 Å². The van der Waals surface area contributed by atoms with Crippen molar-refractivity contribution in [2.24, 2.45) is 0 Å². The molecule has 15 heavy (non-hydrogen) atoms. The zero-order chi connectivity index (χ0) is 12.1. The number of hydrogen-bond donors (Lipinski definition) is 0. The minimum absolute atomic E-state index is 0.00213. The third-order valence-electron chi connectivity index (χ3n) is 1.98. The molecule has 1 unspecified atom stereocenters. The maximum Gasteiger partial charge on any atom is 0.351 e. The first-order chi connectivity index (χ1) is 6.84. The molecule has 0 aromatic heterocycles. The van der Waals surface area contributed by atoms with Gasteiger partial charge in [0.1, 0.15) is 5.78 Å². The number of alkyl halides is 1. The first-order valence-corrected chi connectivity index (χ1v) is 4.71. The molecule has 0 heterocycles. The highest BCUT2D eigenvalue weighted by Crippen LogP contribution is 2.22. The first-order valence-electron chi connectivity index (χ1n) is 4.71. The smallest absolute Gasteiger partial charge is 0.351 e. The van der Waals surface area contributed by atoms with Crippen LogP contribution in [-0.2, 0) is 19.1 Å². The molecule has 0 saturated heterocycles. The van der Waals surface area contributed by atoms with Crippen molar-refractivity contribution in [3.05, 3.63) is 0 Å². The summed E-state index contributed by atoms with van der Waals surface area (Å²) in [4.78, 5) is 32.9. The van der Waals surface area contributed by atoms with E-state index < -0.39 is 23.8 Å². The van der Waals surface area contributed by atoms with Crippen molar-refractivity contribution in [2.45, 2.75) is 39.3 Å². The third kappa shape index (κ3) is 3.77. The standard InChI is InChI=1S/C10H15FO4/c1-4-15-9(14)10(11,8(3)13)6-5-7(2)12/h4-6H2,1-3H3. The van der Waals surface area contributed by atoms with Gasteiger partial charge in [0.15, 0.2) is 5.78 Å². The Morgan fingerprint density at radius 2 is 1.80 bits per heavy atom. The summed E-state index contributed by atoms with van der Waals surface area (Å²) in [6.45, 7) is 3.75. The maximum absolute atomic E-state index is 13.9. The molecule has 0 fully saturated rings. The Balaban J connectivity index is 4.66. The highest BCUT2D eigenvalue weighted by Gasteiger charge is 2.45. The first kappa shape index (κ1) is 13.7. The fraction of sp³-hybridized carbons (Fsp3) is 0.700. The number of Topliss-reactive ketones (excluding diaryl/α,β-unsaturated/α-hetero) is 2. The predicted molar refractivity (Wildman–Crippen MR) is 51.1 cm³/mol. The lowest BCUT2D eigenvalue weighted by Gasteiger charge is -2.19. The third-order valence-corrected chi connectivity index (χ3v) is 1.98. The summed E-state index contributed by atoms with van der Waals surface area (Å²) in [7, 11) is 0. The number of hydrogen-bond acceptors (Lipinski definition) is 4. The Bertz CT molecular complexity index is 275. The van der Waals surface area contributed by atoms with Crippen molar-refractivity contribution >= 4 is 17.5 Å². The Hall–Kier alpha value is -1.26. The Labute approximate surface area is 87.8 Å².